The Morgan fingerprint density at radius 1 is 1.24 bits per heavy atom. The van der Waals surface area contributed by atoms with E-state index in [1.165, 1.54) is 0 Å². The number of rotatable bonds is 8. The number of benzene rings is 1. The van der Waals surface area contributed by atoms with E-state index in [1.807, 2.05) is 26.0 Å². The fourth-order valence-electron chi connectivity index (χ4n) is 1.80. The topological polar surface area (TPSA) is 93.4 Å². The van der Waals surface area contributed by atoms with Crippen molar-refractivity contribution in [1.82, 2.24) is 10.6 Å². The van der Waals surface area contributed by atoms with Crippen LogP contribution in [0.3, 0.4) is 0 Å². The highest BCUT2D eigenvalue weighted by molar-refractivity contribution is 5.81. The van der Waals surface area contributed by atoms with Crippen molar-refractivity contribution >= 4 is 11.8 Å². The zero-order chi connectivity index (χ0) is 15.9. The van der Waals surface area contributed by atoms with Crippen LogP contribution in [-0.2, 0) is 16.1 Å². The maximum absolute atomic E-state index is 11.6. The van der Waals surface area contributed by atoms with Crippen LogP contribution in [-0.4, -0.2) is 32.0 Å². The third kappa shape index (κ3) is 5.83. The van der Waals surface area contributed by atoms with Crippen LogP contribution in [0.15, 0.2) is 24.3 Å². The zero-order valence-corrected chi connectivity index (χ0v) is 12.7. The van der Waals surface area contributed by atoms with Gasteiger partial charge in [-0.05, 0) is 31.5 Å². The maximum Gasteiger partial charge on any atom is 0.255 e. The molecule has 0 spiro atoms. The van der Waals surface area contributed by atoms with Crippen LogP contribution in [0.5, 0.6) is 5.75 Å². The molecule has 116 valence electrons. The Kier molecular flexibility index (Phi) is 6.17. The number of nitrogens with one attached hydrogen (secondary N) is 2. The molecular formula is C15H23N3O3. The van der Waals surface area contributed by atoms with Crippen LogP contribution in [0, 0.1) is 5.41 Å². The normalized spacial score (nSPS) is 11.0. The van der Waals surface area contributed by atoms with E-state index in [-0.39, 0.29) is 12.5 Å². The SMILES string of the molecule is CNC(=O)C(C)(C)CNCc1ccc(OCC(N)=O)cc1. The second kappa shape index (κ2) is 7.64. The minimum Gasteiger partial charge on any atom is -0.484 e. The lowest BCUT2D eigenvalue weighted by molar-refractivity contribution is -0.128. The fourth-order valence-corrected chi connectivity index (χ4v) is 1.80. The predicted molar refractivity (Wildman–Crippen MR) is 80.7 cm³/mol. The molecule has 1 aromatic carbocycles. The summed E-state index contributed by atoms with van der Waals surface area (Å²) in [5, 5.41) is 5.90. The van der Waals surface area contributed by atoms with Gasteiger partial charge in [0.15, 0.2) is 6.61 Å². The third-order valence-corrected chi connectivity index (χ3v) is 3.04. The van der Waals surface area contributed by atoms with Crippen molar-refractivity contribution in [3.63, 3.8) is 0 Å². The van der Waals surface area contributed by atoms with Gasteiger partial charge < -0.3 is 21.1 Å². The second-order valence-corrected chi connectivity index (χ2v) is 5.47. The van der Waals surface area contributed by atoms with Gasteiger partial charge in [0.2, 0.25) is 5.91 Å². The standard InChI is InChI=1S/C15H23N3O3/c1-15(2,14(20)17-3)10-18-8-11-4-6-12(7-5-11)21-9-13(16)19/h4-7,18H,8-10H2,1-3H3,(H2,16,19)(H,17,20). The first-order valence-electron chi connectivity index (χ1n) is 6.78. The Morgan fingerprint density at radius 2 is 1.86 bits per heavy atom. The third-order valence-electron chi connectivity index (χ3n) is 3.04. The summed E-state index contributed by atoms with van der Waals surface area (Å²) in [6, 6.07) is 7.36. The van der Waals surface area contributed by atoms with E-state index in [2.05, 4.69) is 10.6 Å². The number of hydrogen-bond donors (Lipinski definition) is 3. The summed E-state index contributed by atoms with van der Waals surface area (Å²) < 4.78 is 5.18. The van der Waals surface area contributed by atoms with Crippen molar-refractivity contribution in [2.75, 3.05) is 20.2 Å². The van der Waals surface area contributed by atoms with Gasteiger partial charge in [0.05, 0.1) is 5.41 Å². The van der Waals surface area contributed by atoms with Gasteiger partial charge in [-0.15, -0.1) is 0 Å². The lowest BCUT2D eigenvalue weighted by atomic mass is 9.92. The molecule has 0 atom stereocenters. The molecule has 6 nitrogen and oxygen atoms in total. The molecule has 0 aliphatic carbocycles. The summed E-state index contributed by atoms with van der Waals surface area (Å²) in [6.07, 6.45) is 0. The van der Waals surface area contributed by atoms with E-state index in [0.717, 1.165) is 5.56 Å². The number of nitrogens with two attached hydrogens (primary N) is 1. The maximum atomic E-state index is 11.6. The fraction of sp³-hybridized carbons (Fsp3) is 0.467. The van der Waals surface area contributed by atoms with Crippen LogP contribution in [0.2, 0.25) is 0 Å². The van der Waals surface area contributed by atoms with Crippen LogP contribution in [0.4, 0.5) is 0 Å². The first-order valence-corrected chi connectivity index (χ1v) is 6.78. The molecule has 4 N–H and O–H groups in total. The van der Waals surface area contributed by atoms with Gasteiger partial charge in [-0.1, -0.05) is 12.1 Å². The van der Waals surface area contributed by atoms with Gasteiger partial charge in [-0.3, -0.25) is 9.59 Å². The highest BCUT2D eigenvalue weighted by atomic mass is 16.5. The highest BCUT2D eigenvalue weighted by Crippen LogP contribution is 2.15. The molecule has 0 bridgehead atoms. The van der Waals surface area contributed by atoms with Crippen molar-refractivity contribution in [2.45, 2.75) is 20.4 Å². The van der Waals surface area contributed by atoms with Gasteiger partial charge in [-0.25, -0.2) is 0 Å². The number of ether oxygens (including phenoxy) is 1. The quantitative estimate of drug-likeness (QED) is 0.647. The first-order chi connectivity index (χ1) is 9.85. The van der Waals surface area contributed by atoms with E-state index < -0.39 is 11.3 Å². The second-order valence-electron chi connectivity index (χ2n) is 5.47. The summed E-state index contributed by atoms with van der Waals surface area (Å²) in [7, 11) is 1.63. The minimum atomic E-state index is -0.503. The summed E-state index contributed by atoms with van der Waals surface area (Å²) >= 11 is 0. The number of carbonyl (C=O) groups excluding carboxylic acids is 2. The molecule has 0 aliphatic heterocycles. The average molecular weight is 293 g/mol. The van der Waals surface area contributed by atoms with Crippen molar-refractivity contribution in [3.05, 3.63) is 29.8 Å². The number of carbonyl (C=O) groups is 2. The van der Waals surface area contributed by atoms with Crippen molar-refractivity contribution in [2.24, 2.45) is 11.1 Å². The Labute approximate surface area is 125 Å². The molecule has 0 saturated heterocycles. The molecule has 0 heterocycles. The van der Waals surface area contributed by atoms with E-state index in [1.54, 1.807) is 19.2 Å². The van der Waals surface area contributed by atoms with Crippen LogP contribution < -0.4 is 21.1 Å². The highest BCUT2D eigenvalue weighted by Gasteiger charge is 2.25. The molecule has 0 radical (unpaired) electrons. The number of primary amides is 1. The number of amides is 2. The summed E-state index contributed by atoms with van der Waals surface area (Å²) in [5.41, 5.74) is 5.61. The lowest BCUT2D eigenvalue weighted by Crippen LogP contribution is -2.41. The monoisotopic (exact) mass is 293 g/mol. The van der Waals surface area contributed by atoms with Crippen molar-refractivity contribution in [1.29, 1.82) is 0 Å². The Balaban J connectivity index is 2.42. The molecular weight excluding hydrogens is 270 g/mol. The summed E-state index contributed by atoms with van der Waals surface area (Å²) in [5.74, 6) is 0.102. The lowest BCUT2D eigenvalue weighted by Gasteiger charge is -2.23. The van der Waals surface area contributed by atoms with E-state index in [0.29, 0.717) is 18.8 Å². The largest absolute Gasteiger partial charge is 0.484 e. The zero-order valence-electron chi connectivity index (χ0n) is 12.7. The summed E-state index contributed by atoms with van der Waals surface area (Å²) in [6.45, 7) is 4.88. The van der Waals surface area contributed by atoms with Gasteiger partial charge in [0, 0.05) is 20.1 Å². The molecule has 2 amide bonds. The molecule has 0 fully saturated rings. The van der Waals surface area contributed by atoms with Gasteiger partial charge >= 0.3 is 0 Å². The Morgan fingerprint density at radius 3 is 2.38 bits per heavy atom. The predicted octanol–water partition coefficient (Wildman–Crippen LogP) is 0.412. The van der Waals surface area contributed by atoms with E-state index >= 15 is 0 Å². The minimum absolute atomic E-state index is 0.00481. The first kappa shape index (κ1) is 17.0. The molecule has 21 heavy (non-hydrogen) atoms. The van der Waals surface area contributed by atoms with E-state index in [9.17, 15) is 9.59 Å². The van der Waals surface area contributed by atoms with Crippen molar-refractivity contribution < 1.29 is 14.3 Å². The average Bonchev–Trinajstić information content (AvgIpc) is 2.45. The number of hydrogen-bond acceptors (Lipinski definition) is 4. The van der Waals surface area contributed by atoms with Crippen LogP contribution in [0.25, 0.3) is 0 Å². The molecule has 0 aliphatic rings. The van der Waals surface area contributed by atoms with E-state index in [4.69, 9.17) is 10.5 Å². The Bertz CT molecular complexity index is 483. The molecule has 6 heteroatoms. The Hall–Kier alpha value is -2.08. The molecule has 1 rings (SSSR count). The van der Waals surface area contributed by atoms with Crippen LogP contribution >= 0.6 is 0 Å². The van der Waals surface area contributed by atoms with Crippen LogP contribution in [0.1, 0.15) is 19.4 Å². The molecule has 0 unspecified atom stereocenters. The molecule has 0 saturated carbocycles. The van der Waals surface area contributed by atoms with Gasteiger partial charge in [0.25, 0.3) is 5.91 Å². The van der Waals surface area contributed by atoms with Gasteiger partial charge in [-0.2, -0.15) is 0 Å². The smallest absolute Gasteiger partial charge is 0.255 e. The van der Waals surface area contributed by atoms with Crippen molar-refractivity contribution in [3.8, 4) is 5.75 Å². The molecule has 1 aromatic rings. The van der Waals surface area contributed by atoms with Gasteiger partial charge in [0.1, 0.15) is 5.75 Å². The summed E-state index contributed by atoms with van der Waals surface area (Å²) in [4.78, 5) is 22.3. The molecule has 0 aromatic heterocycles.